The van der Waals surface area contributed by atoms with Gasteiger partial charge < -0.3 is 10.4 Å². The number of nitrogens with one attached hydrogen (secondary N) is 1. The Labute approximate surface area is 85.2 Å². The summed E-state index contributed by atoms with van der Waals surface area (Å²) in [5.41, 5.74) is 0. The van der Waals surface area contributed by atoms with Crippen molar-refractivity contribution < 1.29 is 9.90 Å². The molecule has 80 valence electrons. The third-order valence-electron chi connectivity index (χ3n) is 2.67. The van der Waals surface area contributed by atoms with E-state index >= 15 is 0 Å². The first kappa shape index (κ1) is 11.2. The van der Waals surface area contributed by atoms with E-state index in [1.165, 1.54) is 0 Å². The molecule has 3 heteroatoms. The minimum atomic E-state index is -0.162. The zero-order valence-corrected chi connectivity index (χ0v) is 8.54. The van der Waals surface area contributed by atoms with E-state index in [4.69, 9.17) is 0 Å². The summed E-state index contributed by atoms with van der Waals surface area (Å²) < 4.78 is 0. The van der Waals surface area contributed by atoms with Crippen LogP contribution in [0.15, 0.2) is 12.7 Å². The van der Waals surface area contributed by atoms with Gasteiger partial charge in [-0.3, -0.25) is 4.79 Å². The van der Waals surface area contributed by atoms with Crippen LogP contribution >= 0.6 is 0 Å². The van der Waals surface area contributed by atoms with Gasteiger partial charge in [-0.1, -0.05) is 12.5 Å². The molecule has 0 radical (unpaired) electrons. The average molecular weight is 197 g/mol. The predicted molar refractivity (Wildman–Crippen MR) is 55.8 cm³/mol. The summed E-state index contributed by atoms with van der Waals surface area (Å²) in [6, 6.07) is 0. The van der Waals surface area contributed by atoms with Crippen molar-refractivity contribution in [1.29, 1.82) is 0 Å². The topological polar surface area (TPSA) is 49.3 Å². The second-order valence-electron chi connectivity index (χ2n) is 3.98. The average Bonchev–Trinajstić information content (AvgIpc) is 2.15. The lowest BCUT2D eigenvalue weighted by atomic mass is 9.87. The molecule has 0 spiro atoms. The van der Waals surface area contributed by atoms with E-state index in [1.807, 2.05) is 0 Å². The molecule has 0 aliphatic heterocycles. The number of carbonyl (C=O) groups excluding carboxylic acids is 1. The van der Waals surface area contributed by atoms with Crippen LogP contribution in [0.1, 0.15) is 32.1 Å². The number of aliphatic hydroxyl groups is 1. The monoisotopic (exact) mass is 197 g/mol. The molecule has 2 N–H and O–H groups in total. The summed E-state index contributed by atoms with van der Waals surface area (Å²) in [6.45, 7) is 4.20. The van der Waals surface area contributed by atoms with Gasteiger partial charge in [0, 0.05) is 13.0 Å². The second kappa shape index (κ2) is 5.81. The number of rotatable bonds is 4. The maximum atomic E-state index is 11.1. The van der Waals surface area contributed by atoms with E-state index in [2.05, 4.69) is 11.9 Å². The SMILES string of the molecule is C=CCC(=O)NCC1CCCC(O)C1. The lowest BCUT2D eigenvalue weighted by Gasteiger charge is -2.25. The molecule has 1 saturated carbocycles. The molecule has 1 rings (SSSR count). The van der Waals surface area contributed by atoms with Gasteiger partial charge in [0.1, 0.15) is 0 Å². The molecule has 1 aliphatic rings. The van der Waals surface area contributed by atoms with Crippen molar-refractivity contribution in [2.45, 2.75) is 38.2 Å². The quantitative estimate of drug-likeness (QED) is 0.666. The molecule has 3 nitrogen and oxygen atoms in total. The molecule has 14 heavy (non-hydrogen) atoms. The van der Waals surface area contributed by atoms with Gasteiger partial charge in [-0.25, -0.2) is 0 Å². The summed E-state index contributed by atoms with van der Waals surface area (Å²) in [4.78, 5) is 11.1. The molecule has 0 heterocycles. The lowest BCUT2D eigenvalue weighted by Crippen LogP contribution is -2.32. The third-order valence-corrected chi connectivity index (χ3v) is 2.67. The van der Waals surface area contributed by atoms with Gasteiger partial charge in [0.2, 0.25) is 5.91 Å². The van der Waals surface area contributed by atoms with Crippen molar-refractivity contribution in [2.75, 3.05) is 6.54 Å². The number of hydrogen-bond acceptors (Lipinski definition) is 2. The molecule has 0 aromatic heterocycles. The van der Waals surface area contributed by atoms with Crippen LogP contribution in [0.25, 0.3) is 0 Å². The summed E-state index contributed by atoms with van der Waals surface area (Å²) in [7, 11) is 0. The van der Waals surface area contributed by atoms with Gasteiger partial charge in [-0.15, -0.1) is 6.58 Å². The highest BCUT2D eigenvalue weighted by atomic mass is 16.3. The van der Waals surface area contributed by atoms with Crippen molar-refractivity contribution >= 4 is 5.91 Å². The van der Waals surface area contributed by atoms with Gasteiger partial charge in [0.15, 0.2) is 0 Å². The third kappa shape index (κ3) is 3.92. The lowest BCUT2D eigenvalue weighted by molar-refractivity contribution is -0.120. The second-order valence-corrected chi connectivity index (χ2v) is 3.98. The summed E-state index contributed by atoms with van der Waals surface area (Å²) >= 11 is 0. The molecule has 0 aromatic rings. The zero-order valence-electron chi connectivity index (χ0n) is 8.54. The molecule has 1 fully saturated rings. The van der Waals surface area contributed by atoms with Gasteiger partial charge in [0.05, 0.1) is 6.10 Å². The molecular formula is C11H19NO2. The van der Waals surface area contributed by atoms with Crippen LogP contribution in [0, 0.1) is 5.92 Å². The van der Waals surface area contributed by atoms with E-state index < -0.39 is 0 Å². The van der Waals surface area contributed by atoms with E-state index in [0.29, 0.717) is 18.9 Å². The van der Waals surface area contributed by atoms with Crippen LogP contribution < -0.4 is 5.32 Å². The molecule has 0 bridgehead atoms. The van der Waals surface area contributed by atoms with Crippen molar-refractivity contribution in [2.24, 2.45) is 5.92 Å². The number of hydrogen-bond donors (Lipinski definition) is 2. The van der Waals surface area contributed by atoms with Crippen LogP contribution in [-0.2, 0) is 4.79 Å². The van der Waals surface area contributed by atoms with E-state index in [1.54, 1.807) is 6.08 Å². The fourth-order valence-electron chi connectivity index (χ4n) is 1.91. The first-order valence-corrected chi connectivity index (χ1v) is 5.28. The largest absolute Gasteiger partial charge is 0.393 e. The maximum Gasteiger partial charge on any atom is 0.223 e. The van der Waals surface area contributed by atoms with Crippen molar-refractivity contribution in [3.63, 3.8) is 0 Å². The Balaban J connectivity index is 2.17. The molecule has 0 saturated heterocycles. The highest BCUT2D eigenvalue weighted by Crippen LogP contribution is 2.23. The highest BCUT2D eigenvalue weighted by molar-refractivity contribution is 5.77. The van der Waals surface area contributed by atoms with Crippen molar-refractivity contribution in [3.05, 3.63) is 12.7 Å². The molecule has 0 aromatic carbocycles. The minimum Gasteiger partial charge on any atom is -0.393 e. The standard InChI is InChI=1S/C11H19NO2/c1-2-4-11(14)12-8-9-5-3-6-10(13)7-9/h2,9-10,13H,1,3-8H2,(H,12,14). The van der Waals surface area contributed by atoms with Crippen molar-refractivity contribution in [3.8, 4) is 0 Å². The Morgan fingerprint density at radius 2 is 2.36 bits per heavy atom. The number of amides is 1. The smallest absolute Gasteiger partial charge is 0.223 e. The van der Waals surface area contributed by atoms with Crippen molar-refractivity contribution in [1.82, 2.24) is 5.32 Å². The molecular weight excluding hydrogens is 178 g/mol. The number of carbonyl (C=O) groups is 1. The fraction of sp³-hybridized carbons (Fsp3) is 0.727. The Morgan fingerprint density at radius 3 is 3.00 bits per heavy atom. The van der Waals surface area contributed by atoms with Gasteiger partial charge in [-0.05, 0) is 25.2 Å². The molecule has 1 amide bonds. The van der Waals surface area contributed by atoms with E-state index in [-0.39, 0.29) is 12.0 Å². The molecule has 2 unspecified atom stereocenters. The number of aliphatic hydroxyl groups excluding tert-OH is 1. The van der Waals surface area contributed by atoms with Gasteiger partial charge >= 0.3 is 0 Å². The first-order chi connectivity index (χ1) is 6.72. The predicted octanol–water partition coefficient (Wildman–Crippen LogP) is 1.23. The Bertz CT molecular complexity index is 203. The van der Waals surface area contributed by atoms with Gasteiger partial charge in [0.25, 0.3) is 0 Å². The summed E-state index contributed by atoms with van der Waals surface area (Å²) in [6.07, 6.45) is 5.76. The minimum absolute atomic E-state index is 0.0278. The summed E-state index contributed by atoms with van der Waals surface area (Å²) in [5.74, 6) is 0.479. The van der Waals surface area contributed by atoms with Crippen LogP contribution in [0.4, 0.5) is 0 Å². The van der Waals surface area contributed by atoms with Gasteiger partial charge in [-0.2, -0.15) is 0 Å². The Morgan fingerprint density at radius 1 is 1.57 bits per heavy atom. The first-order valence-electron chi connectivity index (χ1n) is 5.28. The zero-order chi connectivity index (χ0) is 10.4. The Hall–Kier alpha value is -0.830. The maximum absolute atomic E-state index is 11.1. The Kier molecular flexibility index (Phi) is 4.66. The van der Waals surface area contributed by atoms with E-state index in [0.717, 1.165) is 25.7 Å². The van der Waals surface area contributed by atoms with E-state index in [9.17, 15) is 9.90 Å². The normalized spacial score (nSPS) is 26.9. The van der Waals surface area contributed by atoms with Crippen LogP contribution in [0.3, 0.4) is 0 Å². The summed E-state index contributed by atoms with van der Waals surface area (Å²) in [5, 5.41) is 12.3. The van der Waals surface area contributed by atoms with Crippen LogP contribution in [0.2, 0.25) is 0 Å². The highest BCUT2D eigenvalue weighted by Gasteiger charge is 2.20. The van der Waals surface area contributed by atoms with Crippen LogP contribution in [-0.4, -0.2) is 23.7 Å². The molecule has 1 aliphatic carbocycles. The fourth-order valence-corrected chi connectivity index (χ4v) is 1.91. The van der Waals surface area contributed by atoms with Crippen LogP contribution in [0.5, 0.6) is 0 Å². The molecule has 2 atom stereocenters.